The van der Waals surface area contributed by atoms with Crippen molar-refractivity contribution in [3.63, 3.8) is 0 Å². The van der Waals surface area contributed by atoms with Crippen molar-refractivity contribution in [1.29, 1.82) is 0 Å². The molecule has 0 spiro atoms. The lowest BCUT2D eigenvalue weighted by molar-refractivity contribution is -0.174. The lowest BCUT2D eigenvalue weighted by Crippen LogP contribution is -2.43. The predicted molar refractivity (Wildman–Crippen MR) is 45.1 cm³/mol. The molecule has 1 N–H and O–H groups in total. The molecule has 1 aliphatic heterocycles. The van der Waals surface area contributed by atoms with Crippen LogP contribution < -0.4 is 0 Å². The first-order chi connectivity index (χ1) is 6.13. The van der Waals surface area contributed by atoms with Gasteiger partial charge in [0, 0.05) is 0 Å². The summed E-state index contributed by atoms with van der Waals surface area (Å²) in [5, 5.41) is 8.94. The van der Waals surface area contributed by atoms with Gasteiger partial charge in [-0.3, -0.25) is 9.59 Å². The summed E-state index contributed by atoms with van der Waals surface area (Å²) in [5.41, 5.74) is -1.38. The summed E-state index contributed by atoms with van der Waals surface area (Å²) in [6.07, 6.45) is 2.53. The monoisotopic (exact) mass is 184 g/mol. The Hall–Kier alpha value is -1.32. The fraction of sp³-hybridized carbons (Fsp3) is 0.556. The van der Waals surface area contributed by atoms with Crippen LogP contribution >= 0.6 is 0 Å². The first-order valence-corrected chi connectivity index (χ1v) is 4.15. The van der Waals surface area contributed by atoms with Crippen LogP contribution in [0.25, 0.3) is 0 Å². The molecular weight excluding hydrogens is 172 g/mol. The van der Waals surface area contributed by atoms with E-state index in [4.69, 9.17) is 9.84 Å². The zero-order valence-electron chi connectivity index (χ0n) is 7.28. The van der Waals surface area contributed by atoms with E-state index in [2.05, 4.69) is 6.58 Å². The van der Waals surface area contributed by atoms with Crippen LogP contribution in [0.3, 0.4) is 0 Å². The van der Waals surface area contributed by atoms with Gasteiger partial charge in [-0.1, -0.05) is 6.08 Å². The van der Waals surface area contributed by atoms with Crippen molar-refractivity contribution >= 4 is 11.9 Å². The highest BCUT2D eigenvalue weighted by atomic mass is 16.5. The minimum atomic E-state index is -1.38. The van der Waals surface area contributed by atoms with E-state index in [1.54, 1.807) is 0 Å². The number of carboxylic acid groups (broad SMARTS) is 1. The number of hydrogen-bond donors (Lipinski definition) is 1. The van der Waals surface area contributed by atoms with E-state index in [0.717, 1.165) is 0 Å². The molecule has 0 aromatic carbocycles. The van der Waals surface area contributed by atoms with Crippen LogP contribution in [-0.4, -0.2) is 23.7 Å². The fourth-order valence-electron chi connectivity index (χ4n) is 1.49. The van der Waals surface area contributed by atoms with E-state index >= 15 is 0 Å². The van der Waals surface area contributed by atoms with E-state index in [1.165, 1.54) is 6.08 Å². The fourth-order valence-corrected chi connectivity index (χ4v) is 1.49. The Labute approximate surface area is 76.2 Å². The predicted octanol–water partition coefficient (Wildman–Crippen LogP) is 0.970. The quantitative estimate of drug-likeness (QED) is 0.403. The van der Waals surface area contributed by atoms with Crippen LogP contribution in [0.2, 0.25) is 0 Å². The molecule has 0 bridgehead atoms. The van der Waals surface area contributed by atoms with Gasteiger partial charge in [-0.15, -0.1) is 6.58 Å². The Morgan fingerprint density at radius 3 is 2.92 bits per heavy atom. The Morgan fingerprint density at radius 1 is 1.77 bits per heavy atom. The van der Waals surface area contributed by atoms with Crippen molar-refractivity contribution < 1.29 is 19.4 Å². The molecule has 0 aliphatic carbocycles. The van der Waals surface area contributed by atoms with Gasteiger partial charge in [-0.25, -0.2) is 0 Å². The Morgan fingerprint density at radius 2 is 2.46 bits per heavy atom. The number of carbonyl (C=O) groups excluding carboxylic acids is 1. The molecular formula is C9H12O4. The van der Waals surface area contributed by atoms with E-state index < -0.39 is 17.4 Å². The zero-order chi connectivity index (χ0) is 9.90. The van der Waals surface area contributed by atoms with Gasteiger partial charge >= 0.3 is 11.9 Å². The summed E-state index contributed by atoms with van der Waals surface area (Å²) >= 11 is 0. The minimum absolute atomic E-state index is 0.140. The molecule has 1 unspecified atom stereocenters. The number of ether oxygens (including phenoxy) is 1. The standard InChI is InChI=1S/C9H12O4/c1-2-4-9(7(10)11)5-3-6-13-8(9)12/h2H,1,3-6H2,(H,10,11). The summed E-state index contributed by atoms with van der Waals surface area (Å²) in [6.45, 7) is 3.77. The van der Waals surface area contributed by atoms with E-state index in [9.17, 15) is 9.59 Å². The molecule has 1 fully saturated rings. The first kappa shape index (κ1) is 9.77. The van der Waals surface area contributed by atoms with Gasteiger partial charge in [0.15, 0.2) is 5.41 Å². The van der Waals surface area contributed by atoms with Gasteiger partial charge < -0.3 is 9.84 Å². The van der Waals surface area contributed by atoms with Crippen molar-refractivity contribution in [1.82, 2.24) is 0 Å². The van der Waals surface area contributed by atoms with E-state index in [1.807, 2.05) is 0 Å². The molecule has 72 valence electrons. The van der Waals surface area contributed by atoms with Gasteiger partial charge in [0.2, 0.25) is 0 Å². The highest BCUT2D eigenvalue weighted by Gasteiger charge is 2.48. The second kappa shape index (κ2) is 3.60. The van der Waals surface area contributed by atoms with Gasteiger partial charge in [0.05, 0.1) is 6.61 Å². The number of carbonyl (C=O) groups is 2. The van der Waals surface area contributed by atoms with E-state index in [0.29, 0.717) is 19.4 Å². The van der Waals surface area contributed by atoms with Crippen molar-refractivity contribution in [3.05, 3.63) is 12.7 Å². The number of rotatable bonds is 3. The summed E-state index contributed by atoms with van der Waals surface area (Å²) in [5.74, 6) is -1.75. The highest BCUT2D eigenvalue weighted by molar-refractivity contribution is 5.99. The molecule has 0 amide bonds. The summed E-state index contributed by atoms with van der Waals surface area (Å²) in [4.78, 5) is 22.2. The average Bonchev–Trinajstić information content (AvgIpc) is 2.09. The smallest absolute Gasteiger partial charge is 0.323 e. The number of carboxylic acids is 1. The van der Waals surface area contributed by atoms with Crippen LogP contribution in [0.15, 0.2) is 12.7 Å². The molecule has 1 saturated heterocycles. The third-order valence-corrected chi connectivity index (χ3v) is 2.27. The lowest BCUT2D eigenvalue weighted by Gasteiger charge is -2.29. The maximum absolute atomic E-state index is 11.3. The molecule has 0 aromatic heterocycles. The molecule has 1 heterocycles. The van der Waals surface area contributed by atoms with Crippen molar-refractivity contribution in [2.75, 3.05) is 6.61 Å². The van der Waals surface area contributed by atoms with Crippen molar-refractivity contribution in [3.8, 4) is 0 Å². The minimum Gasteiger partial charge on any atom is -0.480 e. The molecule has 1 aliphatic rings. The van der Waals surface area contributed by atoms with Gasteiger partial charge in [-0.05, 0) is 19.3 Å². The lowest BCUT2D eigenvalue weighted by atomic mass is 9.79. The number of aliphatic carboxylic acids is 1. The SMILES string of the molecule is C=CCC1(C(=O)O)CCCOC1=O. The third-order valence-electron chi connectivity index (χ3n) is 2.27. The molecule has 0 saturated carbocycles. The molecule has 4 heteroatoms. The maximum Gasteiger partial charge on any atom is 0.323 e. The maximum atomic E-state index is 11.3. The number of cyclic esters (lactones) is 1. The molecule has 13 heavy (non-hydrogen) atoms. The van der Waals surface area contributed by atoms with Crippen molar-refractivity contribution in [2.24, 2.45) is 5.41 Å². The van der Waals surface area contributed by atoms with Crippen molar-refractivity contribution in [2.45, 2.75) is 19.3 Å². The zero-order valence-corrected chi connectivity index (χ0v) is 7.28. The van der Waals surface area contributed by atoms with Crippen LogP contribution in [0.1, 0.15) is 19.3 Å². The molecule has 1 rings (SSSR count). The largest absolute Gasteiger partial charge is 0.480 e. The third kappa shape index (κ3) is 1.56. The Kier molecular flexibility index (Phi) is 2.70. The molecule has 1 atom stereocenters. The summed E-state index contributed by atoms with van der Waals surface area (Å²) < 4.78 is 4.74. The first-order valence-electron chi connectivity index (χ1n) is 4.15. The molecule has 0 radical (unpaired) electrons. The molecule has 4 nitrogen and oxygen atoms in total. The van der Waals surface area contributed by atoms with Crippen LogP contribution in [-0.2, 0) is 14.3 Å². The number of hydrogen-bond acceptors (Lipinski definition) is 3. The second-order valence-corrected chi connectivity index (χ2v) is 3.12. The van der Waals surface area contributed by atoms with Crippen LogP contribution in [0, 0.1) is 5.41 Å². The molecule has 0 aromatic rings. The van der Waals surface area contributed by atoms with Crippen LogP contribution in [0.5, 0.6) is 0 Å². The topological polar surface area (TPSA) is 63.6 Å². The Balaban J connectivity index is 2.92. The summed E-state index contributed by atoms with van der Waals surface area (Å²) in [7, 11) is 0. The number of esters is 1. The normalized spacial score (nSPS) is 27.8. The van der Waals surface area contributed by atoms with E-state index in [-0.39, 0.29) is 6.42 Å². The van der Waals surface area contributed by atoms with Gasteiger partial charge in [0.25, 0.3) is 0 Å². The highest BCUT2D eigenvalue weighted by Crippen LogP contribution is 2.34. The van der Waals surface area contributed by atoms with Gasteiger partial charge in [0.1, 0.15) is 0 Å². The second-order valence-electron chi connectivity index (χ2n) is 3.12. The average molecular weight is 184 g/mol. The Bertz CT molecular complexity index is 246. The summed E-state index contributed by atoms with van der Waals surface area (Å²) in [6, 6.07) is 0. The van der Waals surface area contributed by atoms with Crippen LogP contribution in [0.4, 0.5) is 0 Å². The van der Waals surface area contributed by atoms with Gasteiger partial charge in [-0.2, -0.15) is 0 Å². The number of allylic oxidation sites excluding steroid dienone is 1.